The number of rotatable bonds is 4. The first-order valence-electron chi connectivity index (χ1n) is 7.63. The maximum absolute atomic E-state index is 9.65. The van der Waals surface area contributed by atoms with E-state index >= 15 is 0 Å². The molecule has 3 rings (SSSR count). The van der Waals surface area contributed by atoms with Crippen molar-refractivity contribution in [2.45, 2.75) is 51.6 Å². The van der Waals surface area contributed by atoms with Crippen molar-refractivity contribution in [1.82, 2.24) is 0 Å². The second-order valence-corrected chi connectivity index (χ2v) is 6.28. The fraction of sp³-hybridized carbons (Fsp3) is 0.647. The zero-order valence-electron chi connectivity index (χ0n) is 11.8. The fourth-order valence-electron chi connectivity index (χ4n) is 3.76. The summed E-state index contributed by atoms with van der Waals surface area (Å²) in [6.45, 7) is 2.45. The van der Waals surface area contributed by atoms with Gasteiger partial charge in [-0.15, -0.1) is 0 Å². The number of aryl methyl sites for hydroxylation is 1. The molecule has 1 N–H and O–H groups in total. The van der Waals surface area contributed by atoms with Crippen LogP contribution >= 0.6 is 0 Å². The Balaban J connectivity index is 1.62. The van der Waals surface area contributed by atoms with Gasteiger partial charge in [-0.1, -0.05) is 43.4 Å². The summed E-state index contributed by atoms with van der Waals surface area (Å²) >= 11 is 0. The third kappa shape index (κ3) is 2.79. The molecule has 2 heteroatoms. The largest absolute Gasteiger partial charge is 0.490 e. The number of fused-ring (bicyclic) bond motifs is 1. The average molecular weight is 260 g/mol. The van der Waals surface area contributed by atoms with Crippen LogP contribution in [0.2, 0.25) is 0 Å². The quantitative estimate of drug-likeness (QED) is 0.898. The monoisotopic (exact) mass is 260 g/mol. The molecule has 0 spiro atoms. The first-order valence-corrected chi connectivity index (χ1v) is 7.63. The van der Waals surface area contributed by atoms with E-state index in [1.807, 2.05) is 0 Å². The van der Waals surface area contributed by atoms with Crippen LogP contribution in [0.25, 0.3) is 0 Å². The van der Waals surface area contributed by atoms with Gasteiger partial charge in [-0.25, -0.2) is 0 Å². The molecule has 19 heavy (non-hydrogen) atoms. The molecule has 1 heterocycles. The lowest BCUT2D eigenvalue weighted by molar-refractivity contribution is 0.115. The van der Waals surface area contributed by atoms with Gasteiger partial charge in [0.1, 0.15) is 11.9 Å². The Labute approximate surface area is 115 Å². The molecule has 1 aromatic carbocycles. The molecular formula is C17H24O2. The molecule has 2 nitrogen and oxygen atoms in total. The van der Waals surface area contributed by atoms with Crippen LogP contribution in [0.3, 0.4) is 0 Å². The van der Waals surface area contributed by atoms with Gasteiger partial charge in [0.15, 0.2) is 0 Å². The predicted molar refractivity (Wildman–Crippen MR) is 76.4 cm³/mol. The average Bonchev–Trinajstić information content (AvgIpc) is 3.04. The van der Waals surface area contributed by atoms with Crippen LogP contribution in [0.15, 0.2) is 18.2 Å². The minimum atomic E-state index is 0.273. The second-order valence-electron chi connectivity index (χ2n) is 6.28. The van der Waals surface area contributed by atoms with E-state index in [0.717, 1.165) is 24.5 Å². The Morgan fingerprint density at radius 2 is 2.11 bits per heavy atom. The highest BCUT2D eigenvalue weighted by atomic mass is 16.5. The van der Waals surface area contributed by atoms with Crippen LogP contribution in [0.1, 0.15) is 43.2 Å². The summed E-state index contributed by atoms with van der Waals surface area (Å²) in [4.78, 5) is 0. The summed E-state index contributed by atoms with van der Waals surface area (Å²) in [5.74, 6) is 2.21. The highest BCUT2D eigenvalue weighted by Crippen LogP contribution is 2.37. The van der Waals surface area contributed by atoms with Crippen LogP contribution < -0.4 is 4.74 Å². The van der Waals surface area contributed by atoms with Gasteiger partial charge in [0.25, 0.3) is 0 Å². The summed E-state index contributed by atoms with van der Waals surface area (Å²) in [5, 5.41) is 9.65. The molecule has 2 atom stereocenters. The van der Waals surface area contributed by atoms with Crippen molar-refractivity contribution in [3.63, 3.8) is 0 Å². The molecule has 104 valence electrons. The number of aliphatic hydroxyl groups is 1. The molecule has 1 aliphatic carbocycles. The summed E-state index contributed by atoms with van der Waals surface area (Å²) in [6, 6.07) is 6.44. The maximum atomic E-state index is 9.65. The van der Waals surface area contributed by atoms with Gasteiger partial charge in [-0.3, -0.25) is 0 Å². The topological polar surface area (TPSA) is 29.5 Å². The summed E-state index contributed by atoms with van der Waals surface area (Å²) in [6.07, 6.45) is 7.57. The minimum absolute atomic E-state index is 0.273. The van der Waals surface area contributed by atoms with Gasteiger partial charge >= 0.3 is 0 Å². The minimum Gasteiger partial charge on any atom is -0.490 e. The van der Waals surface area contributed by atoms with E-state index in [4.69, 9.17) is 4.74 Å². The number of aliphatic hydroxyl groups excluding tert-OH is 1. The predicted octanol–water partition coefficient (Wildman–Crippen LogP) is 3.49. The van der Waals surface area contributed by atoms with Crippen LogP contribution in [0.5, 0.6) is 5.75 Å². The lowest BCUT2D eigenvalue weighted by Gasteiger charge is -2.24. The molecule has 0 amide bonds. The number of benzene rings is 1. The van der Waals surface area contributed by atoms with Crippen molar-refractivity contribution < 1.29 is 9.84 Å². The van der Waals surface area contributed by atoms with E-state index in [1.165, 1.54) is 36.8 Å². The molecule has 0 saturated heterocycles. The summed E-state index contributed by atoms with van der Waals surface area (Å²) in [7, 11) is 0. The molecule has 1 aromatic rings. The van der Waals surface area contributed by atoms with E-state index in [9.17, 15) is 5.11 Å². The van der Waals surface area contributed by atoms with Gasteiger partial charge in [0.2, 0.25) is 0 Å². The van der Waals surface area contributed by atoms with E-state index in [-0.39, 0.29) is 6.10 Å². The highest BCUT2D eigenvalue weighted by molar-refractivity contribution is 5.40. The first-order chi connectivity index (χ1) is 9.26. The lowest BCUT2D eigenvalue weighted by atomic mass is 9.86. The summed E-state index contributed by atoms with van der Waals surface area (Å²) < 4.78 is 6.04. The van der Waals surface area contributed by atoms with Gasteiger partial charge in [-0.2, -0.15) is 0 Å². The fourth-order valence-corrected chi connectivity index (χ4v) is 3.76. The van der Waals surface area contributed by atoms with E-state index in [1.54, 1.807) is 0 Å². The Kier molecular flexibility index (Phi) is 3.79. The molecule has 0 bridgehead atoms. The third-order valence-corrected chi connectivity index (χ3v) is 4.82. The molecule has 0 radical (unpaired) electrons. The van der Waals surface area contributed by atoms with Crippen molar-refractivity contribution >= 4 is 0 Å². The number of hydrogen-bond donors (Lipinski definition) is 1. The van der Waals surface area contributed by atoms with Gasteiger partial charge < -0.3 is 9.84 Å². The normalized spacial score (nSPS) is 24.2. The Bertz CT molecular complexity index is 435. The van der Waals surface area contributed by atoms with Crippen LogP contribution in [-0.4, -0.2) is 17.8 Å². The standard InChI is InChI=1S/C17H24O2/c1-12-6-7-17-14(8-12)9-16(19-17)10-15(11-18)13-4-2-3-5-13/h6-8,13,15-16,18H,2-5,9-11H2,1H3. The van der Waals surface area contributed by atoms with Crippen molar-refractivity contribution in [3.8, 4) is 5.75 Å². The number of ether oxygens (including phenoxy) is 1. The molecule has 1 aliphatic heterocycles. The van der Waals surface area contributed by atoms with Gasteiger partial charge in [-0.05, 0) is 36.8 Å². The van der Waals surface area contributed by atoms with Crippen LogP contribution in [0, 0.1) is 18.8 Å². The zero-order chi connectivity index (χ0) is 13.2. The van der Waals surface area contributed by atoms with Crippen molar-refractivity contribution in [3.05, 3.63) is 29.3 Å². The molecule has 2 unspecified atom stereocenters. The van der Waals surface area contributed by atoms with E-state index in [0.29, 0.717) is 12.5 Å². The number of hydrogen-bond acceptors (Lipinski definition) is 2. The Hall–Kier alpha value is -1.02. The van der Waals surface area contributed by atoms with Crippen molar-refractivity contribution in [2.24, 2.45) is 11.8 Å². The molecular weight excluding hydrogens is 236 g/mol. The lowest BCUT2D eigenvalue weighted by Crippen LogP contribution is -2.25. The Morgan fingerprint density at radius 1 is 1.32 bits per heavy atom. The van der Waals surface area contributed by atoms with Crippen molar-refractivity contribution in [1.29, 1.82) is 0 Å². The zero-order valence-corrected chi connectivity index (χ0v) is 11.8. The van der Waals surface area contributed by atoms with E-state index < -0.39 is 0 Å². The van der Waals surface area contributed by atoms with Crippen molar-refractivity contribution in [2.75, 3.05) is 6.61 Å². The van der Waals surface area contributed by atoms with Crippen LogP contribution in [0.4, 0.5) is 0 Å². The Morgan fingerprint density at radius 3 is 2.84 bits per heavy atom. The van der Waals surface area contributed by atoms with Gasteiger partial charge in [0.05, 0.1) is 0 Å². The summed E-state index contributed by atoms with van der Waals surface area (Å²) in [5.41, 5.74) is 2.64. The molecule has 1 fully saturated rings. The molecule has 0 aromatic heterocycles. The smallest absolute Gasteiger partial charge is 0.123 e. The van der Waals surface area contributed by atoms with E-state index in [2.05, 4.69) is 25.1 Å². The first kappa shape index (κ1) is 13.0. The maximum Gasteiger partial charge on any atom is 0.123 e. The molecule has 1 saturated carbocycles. The SMILES string of the molecule is Cc1ccc2c(c1)CC(CC(CO)C1CCCC1)O2. The molecule has 2 aliphatic rings. The van der Waals surface area contributed by atoms with Gasteiger partial charge in [0, 0.05) is 13.0 Å². The van der Waals surface area contributed by atoms with Crippen LogP contribution in [-0.2, 0) is 6.42 Å². The third-order valence-electron chi connectivity index (χ3n) is 4.82. The second kappa shape index (κ2) is 5.54. The highest BCUT2D eigenvalue weighted by Gasteiger charge is 2.30.